The Kier molecular flexibility index (Phi) is 1.62. The topological polar surface area (TPSA) is 0 Å². The normalized spacial score (nSPS) is 48.1. The molecule has 0 radical (unpaired) electrons. The molecule has 0 nitrogen and oxygen atoms in total. The SMILES string of the molecule is BC(B)(C(C)(C)C)C12CCC3CC31CC2. The molecule has 0 heterocycles. The van der Waals surface area contributed by atoms with Crippen LogP contribution < -0.4 is 0 Å². The van der Waals surface area contributed by atoms with Crippen LogP contribution in [0.25, 0.3) is 0 Å². The van der Waals surface area contributed by atoms with E-state index in [0.717, 1.165) is 16.7 Å². The van der Waals surface area contributed by atoms with Gasteiger partial charge in [0.05, 0.1) is 0 Å². The van der Waals surface area contributed by atoms with Gasteiger partial charge in [0.25, 0.3) is 0 Å². The average Bonchev–Trinajstić information content (AvgIpc) is 2.73. The van der Waals surface area contributed by atoms with Crippen molar-refractivity contribution in [1.29, 1.82) is 0 Å². The summed E-state index contributed by atoms with van der Waals surface area (Å²) < 4.78 is 0. The van der Waals surface area contributed by atoms with Crippen LogP contribution in [0, 0.1) is 22.2 Å². The summed E-state index contributed by atoms with van der Waals surface area (Å²) in [4.78, 5) is 0. The van der Waals surface area contributed by atoms with Gasteiger partial charge in [-0.15, -0.1) is 0 Å². The molecule has 82 valence electrons. The van der Waals surface area contributed by atoms with E-state index in [0.29, 0.717) is 10.6 Å². The molecule has 0 aromatic carbocycles. The first-order valence-electron chi connectivity index (χ1n) is 6.77. The summed E-state index contributed by atoms with van der Waals surface area (Å²) >= 11 is 0. The minimum Gasteiger partial charge on any atom is -0.0739 e. The van der Waals surface area contributed by atoms with Crippen molar-refractivity contribution in [2.24, 2.45) is 22.2 Å². The third kappa shape index (κ3) is 0.861. The molecule has 3 aliphatic carbocycles. The van der Waals surface area contributed by atoms with E-state index in [-0.39, 0.29) is 0 Å². The predicted molar refractivity (Wildman–Crippen MR) is 70.7 cm³/mol. The summed E-state index contributed by atoms with van der Waals surface area (Å²) in [6.07, 6.45) is 7.72. The van der Waals surface area contributed by atoms with Crippen LogP contribution in [0.5, 0.6) is 0 Å². The van der Waals surface area contributed by atoms with Gasteiger partial charge in [0.1, 0.15) is 15.7 Å². The van der Waals surface area contributed by atoms with Gasteiger partial charge in [0, 0.05) is 0 Å². The van der Waals surface area contributed by atoms with E-state index < -0.39 is 0 Å². The Bertz CT molecular complexity index is 309. The average molecular weight is 202 g/mol. The van der Waals surface area contributed by atoms with Crippen molar-refractivity contribution in [2.45, 2.75) is 58.1 Å². The lowest BCUT2D eigenvalue weighted by molar-refractivity contribution is -0.0363. The highest BCUT2D eigenvalue weighted by Gasteiger charge is 2.78. The van der Waals surface area contributed by atoms with Crippen molar-refractivity contribution in [3.63, 3.8) is 0 Å². The Morgan fingerprint density at radius 1 is 1.07 bits per heavy atom. The van der Waals surface area contributed by atoms with Crippen LogP contribution >= 0.6 is 0 Å². The molecule has 3 rings (SSSR count). The highest BCUT2D eigenvalue weighted by atomic mass is 14.8. The van der Waals surface area contributed by atoms with Gasteiger partial charge in [-0.25, -0.2) is 0 Å². The maximum absolute atomic E-state index is 2.55. The fourth-order valence-corrected chi connectivity index (χ4v) is 5.16. The van der Waals surface area contributed by atoms with Gasteiger partial charge in [-0.2, -0.15) is 0 Å². The lowest BCUT2D eigenvalue weighted by Crippen LogP contribution is -2.55. The van der Waals surface area contributed by atoms with E-state index >= 15 is 0 Å². The quantitative estimate of drug-likeness (QED) is 0.570. The number of hydrogen-bond acceptors (Lipinski definition) is 0. The van der Waals surface area contributed by atoms with Gasteiger partial charge < -0.3 is 0 Å². The summed E-state index contributed by atoms with van der Waals surface area (Å²) in [5.41, 5.74) is 2.02. The zero-order valence-corrected chi connectivity index (χ0v) is 11.1. The van der Waals surface area contributed by atoms with Gasteiger partial charge in [-0.3, -0.25) is 0 Å². The fraction of sp³-hybridized carbons (Fsp3) is 1.00. The zero-order chi connectivity index (χ0) is 11.1. The minimum atomic E-state index is 0.456. The summed E-state index contributed by atoms with van der Waals surface area (Å²) in [5.74, 6) is 1.13. The largest absolute Gasteiger partial charge is 0.101 e. The molecule has 2 heteroatoms. The molecule has 3 aliphatic rings. The van der Waals surface area contributed by atoms with E-state index in [1.807, 2.05) is 0 Å². The van der Waals surface area contributed by atoms with E-state index in [1.54, 1.807) is 19.3 Å². The summed E-state index contributed by atoms with van der Waals surface area (Å²) in [6.45, 7) is 7.34. The Labute approximate surface area is 96.4 Å². The van der Waals surface area contributed by atoms with Crippen LogP contribution in [0.15, 0.2) is 0 Å². The third-order valence-electron chi connectivity index (χ3n) is 7.17. The van der Waals surface area contributed by atoms with E-state index in [4.69, 9.17) is 0 Å². The lowest BCUT2D eigenvalue weighted by atomic mass is 9.27. The van der Waals surface area contributed by atoms with Crippen molar-refractivity contribution in [1.82, 2.24) is 0 Å². The molecule has 3 atom stereocenters. The van der Waals surface area contributed by atoms with E-state index in [2.05, 4.69) is 36.5 Å². The number of rotatable bonds is 1. The van der Waals surface area contributed by atoms with Gasteiger partial charge >= 0.3 is 0 Å². The molecule has 0 aromatic rings. The summed E-state index contributed by atoms with van der Waals surface area (Å²) in [7, 11) is 5.10. The van der Waals surface area contributed by atoms with Gasteiger partial charge in [0.15, 0.2) is 0 Å². The van der Waals surface area contributed by atoms with E-state index in [9.17, 15) is 0 Å². The van der Waals surface area contributed by atoms with E-state index in [1.165, 1.54) is 12.8 Å². The van der Waals surface area contributed by atoms with Gasteiger partial charge in [-0.05, 0) is 54.3 Å². The maximum atomic E-state index is 2.55. The molecule has 0 bridgehead atoms. The van der Waals surface area contributed by atoms with Crippen molar-refractivity contribution in [2.75, 3.05) is 0 Å². The Hall–Kier alpha value is 0.130. The van der Waals surface area contributed by atoms with Crippen LogP contribution in [-0.2, 0) is 0 Å². The fourth-order valence-electron chi connectivity index (χ4n) is 5.16. The first-order chi connectivity index (χ1) is 6.77. The molecule has 0 saturated heterocycles. The second-order valence-corrected chi connectivity index (χ2v) is 8.05. The van der Waals surface area contributed by atoms with Crippen molar-refractivity contribution in [3.8, 4) is 0 Å². The van der Waals surface area contributed by atoms with Crippen LogP contribution in [-0.4, -0.2) is 15.7 Å². The molecule has 0 aromatic heterocycles. The van der Waals surface area contributed by atoms with Gasteiger partial charge in [0.2, 0.25) is 0 Å². The Morgan fingerprint density at radius 2 is 1.73 bits per heavy atom. The smallest absolute Gasteiger partial charge is 0.0739 e. The molecule has 0 aliphatic heterocycles. The second-order valence-electron chi connectivity index (χ2n) is 8.05. The highest BCUT2D eigenvalue weighted by molar-refractivity contribution is 6.41. The van der Waals surface area contributed by atoms with Gasteiger partial charge in [-0.1, -0.05) is 26.0 Å². The molecule has 1 spiro atoms. The van der Waals surface area contributed by atoms with Crippen LogP contribution in [0.1, 0.15) is 52.9 Å². The molecular weight excluding hydrogens is 178 g/mol. The molecule has 3 fully saturated rings. The second kappa shape index (κ2) is 2.36. The molecular formula is C13H24B2. The summed E-state index contributed by atoms with van der Waals surface area (Å²) in [5, 5.41) is 0.517. The first kappa shape index (κ1) is 10.3. The zero-order valence-electron chi connectivity index (χ0n) is 11.1. The van der Waals surface area contributed by atoms with Crippen molar-refractivity contribution < 1.29 is 0 Å². The molecule has 0 N–H and O–H groups in total. The predicted octanol–water partition coefficient (Wildman–Crippen LogP) is 2.00. The lowest BCUT2D eigenvalue weighted by Gasteiger charge is -2.63. The van der Waals surface area contributed by atoms with Crippen molar-refractivity contribution in [3.05, 3.63) is 0 Å². The number of hydrogen-bond donors (Lipinski definition) is 0. The molecule has 3 saturated carbocycles. The standard InChI is InChI=1S/C13H24B2/c1-10(2,3)13(14,15)12-5-4-9-8-11(9,12)6-7-12/h9H,4-8,14-15H2,1-3H3. The Balaban J connectivity index is 2.01. The molecule has 3 unspecified atom stereocenters. The first-order valence-corrected chi connectivity index (χ1v) is 6.77. The molecule has 0 amide bonds. The summed E-state index contributed by atoms with van der Waals surface area (Å²) in [6, 6.07) is 0. The van der Waals surface area contributed by atoms with Crippen LogP contribution in [0.3, 0.4) is 0 Å². The minimum absolute atomic E-state index is 0.456. The monoisotopic (exact) mass is 202 g/mol. The van der Waals surface area contributed by atoms with Crippen LogP contribution in [0.2, 0.25) is 5.21 Å². The third-order valence-corrected chi connectivity index (χ3v) is 7.17. The molecule has 15 heavy (non-hydrogen) atoms. The van der Waals surface area contributed by atoms with Crippen molar-refractivity contribution >= 4 is 15.7 Å². The highest BCUT2D eigenvalue weighted by Crippen LogP contribution is 2.88. The maximum Gasteiger partial charge on any atom is 0.101 e. The van der Waals surface area contributed by atoms with Crippen LogP contribution in [0.4, 0.5) is 0 Å². The Morgan fingerprint density at radius 3 is 2.07 bits per heavy atom.